The van der Waals surface area contributed by atoms with Crippen LogP contribution in [0.3, 0.4) is 0 Å². The van der Waals surface area contributed by atoms with E-state index in [1.165, 1.54) is 19.3 Å². The fourth-order valence-electron chi connectivity index (χ4n) is 6.63. The van der Waals surface area contributed by atoms with Gasteiger partial charge in [0, 0.05) is 12.0 Å². The van der Waals surface area contributed by atoms with Crippen molar-refractivity contribution in [3.8, 4) is 0 Å². The van der Waals surface area contributed by atoms with Crippen LogP contribution >= 0.6 is 0 Å². The number of nitrogens with zero attached hydrogens (tertiary/aromatic N) is 1. The van der Waals surface area contributed by atoms with Crippen LogP contribution in [0.15, 0.2) is 0 Å². The monoisotopic (exact) mass is 291 g/mol. The van der Waals surface area contributed by atoms with E-state index in [4.69, 9.17) is 4.74 Å². The van der Waals surface area contributed by atoms with Crippen molar-refractivity contribution >= 4 is 5.91 Å². The van der Waals surface area contributed by atoms with Gasteiger partial charge in [-0.05, 0) is 37.5 Å². The van der Waals surface area contributed by atoms with Gasteiger partial charge >= 0.3 is 0 Å². The molecule has 2 saturated heterocycles. The van der Waals surface area contributed by atoms with E-state index in [2.05, 4.69) is 11.8 Å². The summed E-state index contributed by atoms with van der Waals surface area (Å²) in [5.41, 5.74) is -0.384. The van der Waals surface area contributed by atoms with Gasteiger partial charge in [-0.1, -0.05) is 26.2 Å². The molecule has 2 bridgehead atoms. The Labute approximate surface area is 125 Å². The second-order valence-corrected chi connectivity index (χ2v) is 7.89. The van der Waals surface area contributed by atoms with Gasteiger partial charge in [-0.2, -0.15) is 0 Å². The van der Waals surface area contributed by atoms with Crippen LogP contribution in [0.1, 0.15) is 51.9 Å². The highest BCUT2D eigenvalue weighted by molar-refractivity contribution is 5.85. The molecule has 0 spiro atoms. The lowest BCUT2D eigenvalue weighted by molar-refractivity contribution is -0.189. The van der Waals surface area contributed by atoms with E-state index >= 15 is 0 Å². The Bertz CT molecular complexity index is 488. The van der Waals surface area contributed by atoms with Crippen LogP contribution in [0, 0.1) is 23.7 Å². The molecule has 3 aliphatic carbocycles. The maximum Gasteiger partial charge on any atom is 0.229 e. The molecule has 3 saturated carbocycles. The first-order valence-electron chi connectivity index (χ1n) is 8.88. The average Bonchev–Trinajstić information content (AvgIpc) is 3.16. The summed E-state index contributed by atoms with van der Waals surface area (Å²) in [6, 6.07) is 0.382. The third kappa shape index (κ3) is 1.29. The van der Waals surface area contributed by atoms with E-state index in [0.717, 1.165) is 25.7 Å². The highest BCUT2D eigenvalue weighted by Gasteiger charge is 2.78. The summed E-state index contributed by atoms with van der Waals surface area (Å²) in [6.45, 7) is 2.16. The average molecular weight is 291 g/mol. The molecule has 116 valence electrons. The molecular formula is C17H25NO3. The topological polar surface area (TPSA) is 49.8 Å². The molecule has 0 unspecified atom stereocenters. The van der Waals surface area contributed by atoms with Crippen LogP contribution in [-0.4, -0.2) is 39.9 Å². The minimum absolute atomic E-state index is 0.00427. The molecule has 1 amide bonds. The fourth-order valence-corrected chi connectivity index (χ4v) is 6.63. The van der Waals surface area contributed by atoms with E-state index in [-0.39, 0.29) is 23.7 Å². The number of rotatable bonds is 2. The van der Waals surface area contributed by atoms with Gasteiger partial charge < -0.3 is 14.7 Å². The van der Waals surface area contributed by atoms with Gasteiger partial charge in [-0.25, -0.2) is 0 Å². The van der Waals surface area contributed by atoms with Crippen LogP contribution in [0.25, 0.3) is 0 Å². The minimum atomic E-state index is -0.401. The Balaban J connectivity index is 1.58. The number of carbonyl (C=O) groups excluding carboxylic acids is 1. The van der Waals surface area contributed by atoms with Crippen molar-refractivity contribution in [2.24, 2.45) is 23.7 Å². The highest BCUT2D eigenvalue weighted by Crippen LogP contribution is 2.68. The molecule has 4 nitrogen and oxygen atoms in total. The second kappa shape index (κ2) is 4.02. The van der Waals surface area contributed by atoms with Crippen molar-refractivity contribution < 1.29 is 14.6 Å². The van der Waals surface area contributed by atoms with Gasteiger partial charge in [0.05, 0.1) is 18.1 Å². The van der Waals surface area contributed by atoms with Crippen LogP contribution in [-0.2, 0) is 9.53 Å². The SMILES string of the molecule is CC[C@]12O[C@@H]3[C@H](O)[C@H]4C[C@H]3[C@@H]1[C@@H]4C(=O)N2C1CCCCC1. The molecule has 0 aromatic carbocycles. The summed E-state index contributed by atoms with van der Waals surface area (Å²) >= 11 is 0. The van der Waals surface area contributed by atoms with Crippen LogP contribution in [0.4, 0.5) is 0 Å². The Morgan fingerprint density at radius 1 is 1.29 bits per heavy atom. The molecule has 21 heavy (non-hydrogen) atoms. The van der Waals surface area contributed by atoms with Crippen molar-refractivity contribution in [1.29, 1.82) is 0 Å². The number of amides is 1. The molecule has 0 radical (unpaired) electrons. The Morgan fingerprint density at radius 2 is 2.05 bits per heavy atom. The number of aliphatic hydroxyl groups is 1. The smallest absolute Gasteiger partial charge is 0.229 e. The van der Waals surface area contributed by atoms with E-state index in [9.17, 15) is 9.90 Å². The molecule has 5 fully saturated rings. The maximum atomic E-state index is 13.2. The predicted molar refractivity (Wildman–Crippen MR) is 76.2 cm³/mol. The number of hydrogen-bond donors (Lipinski definition) is 1. The maximum absolute atomic E-state index is 13.2. The Kier molecular flexibility index (Phi) is 2.47. The summed E-state index contributed by atoms with van der Waals surface area (Å²) in [4.78, 5) is 15.3. The van der Waals surface area contributed by atoms with E-state index < -0.39 is 6.10 Å². The molecule has 0 aromatic heterocycles. The fraction of sp³-hybridized carbons (Fsp3) is 0.941. The number of carbonyl (C=O) groups is 1. The molecule has 1 N–H and O–H groups in total. The van der Waals surface area contributed by atoms with Gasteiger partial charge in [0.15, 0.2) is 0 Å². The Hall–Kier alpha value is -0.610. The van der Waals surface area contributed by atoms with E-state index in [1.54, 1.807) is 0 Å². The second-order valence-electron chi connectivity index (χ2n) is 7.89. The first-order valence-corrected chi connectivity index (χ1v) is 8.88. The van der Waals surface area contributed by atoms with E-state index in [0.29, 0.717) is 23.8 Å². The third-order valence-electron chi connectivity index (χ3n) is 7.29. The number of aliphatic hydroxyl groups excluding tert-OH is 1. The first kappa shape index (κ1) is 12.9. The van der Waals surface area contributed by atoms with Crippen molar-refractivity contribution in [2.75, 3.05) is 0 Å². The zero-order valence-corrected chi connectivity index (χ0v) is 12.7. The quantitative estimate of drug-likeness (QED) is 0.845. The van der Waals surface area contributed by atoms with Crippen molar-refractivity contribution in [1.82, 2.24) is 4.90 Å². The lowest BCUT2D eigenvalue weighted by Gasteiger charge is -2.44. The predicted octanol–water partition coefficient (Wildman–Crippen LogP) is 1.91. The van der Waals surface area contributed by atoms with Crippen LogP contribution in [0.5, 0.6) is 0 Å². The summed E-state index contributed by atoms with van der Waals surface area (Å²) in [6.07, 6.45) is 7.54. The normalized spacial score (nSPS) is 55.0. The van der Waals surface area contributed by atoms with Gasteiger partial charge in [0.1, 0.15) is 5.72 Å². The molecule has 5 aliphatic rings. The summed E-state index contributed by atoms with van der Waals surface area (Å²) in [5, 5.41) is 10.5. The highest BCUT2D eigenvalue weighted by atomic mass is 16.6. The summed E-state index contributed by atoms with van der Waals surface area (Å²) < 4.78 is 6.47. The molecule has 5 rings (SSSR count). The lowest BCUT2D eigenvalue weighted by atomic mass is 9.76. The zero-order valence-electron chi connectivity index (χ0n) is 12.7. The van der Waals surface area contributed by atoms with Gasteiger partial charge in [-0.3, -0.25) is 4.79 Å². The molecule has 4 heteroatoms. The standard InChI is InChI=1S/C17H25NO3/c1-2-17-13-11-8-10(14(19)15(11)21-17)12(13)16(20)18(17)9-6-4-3-5-7-9/h9-15,19H,2-8H2,1H3/t10-,11-,12+,13+,14+,15-,17-/m0/s1. The minimum Gasteiger partial charge on any atom is -0.390 e. The van der Waals surface area contributed by atoms with Crippen molar-refractivity contribution in [2.45, 2.75) is 75.8 Å². The number of ether oxygens (including phenoxy) is 1. The van der Waals surface area contributed by atoms with Crippen LogP contribution < -0.4 is 0 Å². The Morgan fingerprint density at radius 3 is 2.76 bits per heavy atom. The lowest BCUT2D eigenvalue weighted by Crippen LogP contribution is -2.55. The number of fused-ring (bicyclic) bond motifs is 2. The van der Waals surface area contributed by atoms with Crippen LogP contribution in [0.2, 0.25) is 0 Å². The zero-order chi connectivity index (χ0) is 14.4. The summed E-state index contributed by atoms with van der Waals surface area (Å²) in [7, 11) is 0. The molecule has 2 aliphatic heterocycles. The summed E-state index contributed by atoms with van der Waals surface area (Å²) in [5.74, 6) is 1.30. The molecule has 2 heterocycles. The van der Waals surface area contributed by atoms with Gasteiger partial charge in [0.2, 0.25) is 5.91 Å². The van der Waals surface area contributed by atoms with Gasteiger partial charge in [0.25, 0.3) is 0 Å². The largest absolute Gasteiger partial charge is 0.390 e. The molecular weight excluding hydrogens is 266 g/mol. The first-order chi connectivity index (χ1) is 10.2. The molecule has 0 aromatic rings. The van der Waals surface area contributed by atoms with Crippen molar-refractivity contribution in [3.05, 3.63) is 0 Å². The number of hydrogen-bond acceptors (Lipinski definition) is 3. The van der Waals surface area contributed by atoms with E-state index in [1.807, 2.05) is 0 Å². The van der Waals surface area contributed by atoms with Crippen molar-refractivity contribution in [3.63, 3.8) is 0 Å². The third-order valence-corrected chi connectivity index (χ3v) is 7.29. The van der Waals surface area contributed by atoms with Gasteiger partial charge in [-0.15, -0.1) is 0 Å². The number of likely N-dealkylation sites (tertiary alicyclic amines) is 1. The molecule has 7 atom stereocenters.